The van der Waals surface area contributed by atoms with Crippen LogP contribution in [0.3, 0.4) is 0 Å². The quantitative estimate of drug-likeness (QED) is 0.756. The van der Waals surface area contributed by atoms with E-state index in [2.05, 4.69) is 16.0 Å². The maximum Gasteiger partial charge on any atom is 0.253 e. The smallest absolute Gasteiger partial charge is 0.253 e. The van der Waals surface area contributed by atoms with Gasteiger partial charge in [-0.05, 0) is 26.0 Å². The lowest BCUT2D eigenvalue weighted by atomic mass is 10.1. The van der Waals surface area contributed by atoms with Crippen molar-refractivity contribution in [3.63, 3.8) is 0 Å². The first-order valence-electron chi connectivity index (χ1n) is 6.71. The minimum absolute atomic E-state index is 0.000133. The van der Waals surface area contributed by atoms with Gasteiger partial charge in [0.15, 0.2) is 0 Å². The first-order chi connectivity index (χ1) is 9.22. The summed E-state index contributed by atoms with van der Waals surface area (Å²) in [6, 6.07) is 5.70. The number of benzene rings is 1. The molecule has 5 heteroatoms. The SMILES string of the molecule is CCOCC(C)NC(=O)c1cccc2c1NCCN2. The van der Waals surface area contributed by atoms with Crippen LogP contribution in [-0.2, 0) is 4.74 Å². The van der Waals surface area contributed by atoms with Crippen LogP contribution in [0.4, 0.5) is 11.4 Å². The average molecular weight is 263 g/mol. The summed E-state index contributed by atoms with van der Waals surface area (Å²) in [6.07, 6.45) is 0. The monoisotopic (exact) mass is 263 g/mol. The normalized spacial score (nSPS) is 14.8. The van der Waals surface area contributed by atoms with E-state index in [4.69, 9.17) is 4.74 Å². The van der Waals surface area contributed by atoms with Gasteiger partial charge in [-0.2, -0.15) is 0 Å². The summed E-state index contributed by atoms with van der Waals surface area (Å²) in [6.45, 7) is 6.77. The van der Waals surface area contributed by atoms with E-state index in [1.165, 1.54) is 0 Å². The average Bonchev–Trinajstić information content (AvgIpc) is 2.44. The molecule has 1 atom stereocenters. The number of rotatable bonds is 5. The number of para-hydroxylation sites is 1. The third kappa shape index (κ3) is 3.38. The third-order valence-corrected chi connectivity index (χ3v) is 3.00. The molecule has 1 amide bonds. The lowest BCUT2D eigenvalue weighted by Gasteiger charge is -2.23. The number of amides is 1. The summed E-state index contributed by atoms with van der Waals surface area (Å²) in [7, 11) is 0. The molecule has 0 aromatic heterocycles. The van der Waals surface area contributed by atoms with Crippen molar-refractivity contribution in [2.45, 2.75) is 19.9 Å². The second-order valence-electron chi connectivity index (χ2n) is 4.62. The summed E-state index contributed by atoms with van der Waals surface area (Å²) in [5, 5.41) is 9.50. The molecule has 3 N–H and O–H groups in total. The molecule has 1 aromatic rings. The molecule has 2 rings (SSSR count). The van der Waals surface area contributed by atoms with Gasteiger partial charge in [0, 0.05) is 25.7 Å². The van der Waals surface area contributed by atoms with Crippen LogP contribution in [0.5, 0.6) is 0 Å². The number of fused-ring (bicyclic) bond motifs is 1. The minimum atomic E-state index is -0.0692. The lowest BCUT2D eigenvalue weighted by molar-refractivity contribution is 0.0872. The van der Waals surface area contributed by atoms with Crippen molar-refractivity contribution in [1.29, 1.82) is 0 Å². The highest BCUT2D eigenvalue weighted by Crippen LogP contribution is 2.28. The predicted octanol–water partition coefficient (Wildman–Crippen LogP) is 1.68. The molecule has 0 saturated carbocycles. The van der Waals surface area contributed by atoms with E-state index in [9.17, 15) is 4.79 Å². The van der Waals surface area contributed by atoms with Crippen LogP contribution in [0.2, 0.25) is 0 Å². The lowest BCUT2D eigenvalue weighted by Crippen LogP contribution is -2.36. The summed E-state index contributed by atoms with van der Waals surface area (Å²) in [4.78, 5) is 12.3. The molecule has 0 aliphatic carbocycles. The van der Waals surface area contributed by atoms with Crippen molar-refractivity contribution in [2.75, 3.05) is 36.9 Å². The molecule has 19 heavy (non-hydrogen) atoms. The van der Waals surface area contributed by atoms with Crippen molar-refractivity contribution < 1.29 is 9.53 Å². The highest BCUT2D eigenvalue weighted by Gasteiger charge is 2.18. The predicted molar refractivity (Wildman–Crippen MR) is 76.8 cm³/mol. The number of carbonyl (C=O) groups is 1. The van der Waals surface area contributed by atoms with Crippen molar-refractivity contribution >= 4 is 17.3 Å². The fourth-order valence-corrected chi connectivity index (χ4v) is 2.10. The Bertz CT molecular complexity index is 448. The topological polar surface area (TPSA) is 62.4 Å². The third-order valence-electron chi connectivity index (χ3n) is 3.00. The van der Waals surface area contributed by atoms with E-state index in [0.29, 0.717) is 18.8 Å². The number of hydrogen-bond donors (Lipinski definition) is 3. The van der Waals surface area contributed by atoms with Crippen LogP contribution >= 0.6 is 0 Å². The molecule has 104 valence electrons. The van der Waals surface area contributed by atoms with Crippen LogP contribution in [-0.4, -0.2) is 38.3 Å². The Morgan fingerprint density at radius 1 is 1.42 bits per heavy atom. The molecule has 1 aromatic carbocycles. The van der Waals surface area contributed by atoms with Crippen molar-refractivity contribution in [2.24, 2.45) is 0 Å². The van der Waals surface area contributed by atoms with Crippen LogP contribution in [0.15, 0.2) is 18.2 Å². The van der Waals surface area contributed by atoms with E-state index in [1.807, 2.05) is 32.0 Å². The molecule has 1 heterocycles. The van der Waals surface area contributed by atoms with Crippen molar-refractivity contribution in [3.8, 4) is 0 Å². The van der Waals surface area contributed by atoms with E-state index in [-0.39, 0.29) is 11.9 Å². The van der Waals surface area contributed by atoms with Crippen LogP contribution in [0.1, 0.15) is 24.2 Å². The summed E-state index contributed by atoms with van der Waals surface area (Å²) < 4.78 is 5.30. The number of carbonyl (C=O) groups excluding carboxylic acids is 1. The molecule has 0 radical (unpaired) electrons. The Labute approximate surface area is 113 Å². The minimum Gasteiger partial charge on any atom is -0.382 e. The van der Waals surface area contributed by atoms with Gasteiger partial charge in [-0.1, -0.05) is 6.07 Å². The zero-order valence-electron chi connectivity index (χ0n) is 11.5. The molecular weight excluding hydrogens is 242 g/mol. The van der Waals surface area contributed by atoms with E-state index < -0.39 is 0 Å². The molecular formula is C14H21N3O2. The molecule has 0 bridgehead atoms. The van der Waals surface area contributed by atoms with Gasteiger partial charge in [-0.3, -0.25) is 4.79 Å². The van der Waals surface area contributed by atoms with Gasteiger partial charge in [0.2, 0.25) is 0 Å². The Morgan fingerprint density at radius 3 is 3.00 bits per heavy atom. The Morgan fingerprint density at radius 2 is 2.21 bits per heavy atom. The molecule has 1 aliphatic heterocycles. The highest BCUT2D eigenvalue weighted by molar-refractivity contribution is 6.02. The molecule has 5 nitrogen and oxygen atoms in total. The van der Waals surface area contributed by atoms with Gasteiger partial charge in [0.1, 0.15) is 0 Å². The second kappa shape index (κ2) is 6.43. The molecule has 0 fully saturated rings. The van der Waals surface area contributed by atoms with Gasteiger partial charge in [-0.25, -0.2) is 0 Å². The molecule has 0 spiro atoms. The summed E-state index contributed by atoms with van der Waals surface area (Å²) >= 11 is 0. The summed E-state index contributed by atoms with van der Waals surface area (Å²) in [5.74, 6) is -0.0692. The number of nitrogens with one attached hydrogen (secondary N) is 3. The number of anilines is 2. The Balaban J connectivity index is 2.07. The number of ether oxygens (including phenoxy) is 1. The Kier molecular flexibility index (Phi) is 4.63. The fourth-order valence-electron chi connectivity index (χ4n) is 2.10. The fraction of sp³-hybridized carbons (Fsp3) is 0.500. The van der Waals surface area contributed by atoms with E-state index >= 15 is 0 Å². The maximum atomic E-state index is 12.3. The van der Waals surface area contributed by atoms with Gasteiger partial charge in [0.25, 0.3) is 5.91 Å². The van der Waals surface area contributed by atoms with Crippen molar-refractivity contribution in [3.05, 3.63) is 23.8 Å². The first kappa shape index (κ1) is 13.7. The zero-order valence-corrected chi connectivity index (χ0v) is 11.5. The largest absolute Gasteiger partial charge is 0.382 e. The summed E-state index contributed by atoms with van der Waals surface area (Å²) in [5.41, 5.74) is 2.54. The molecule has 1 unspecified atom stereocenters. The zero-order chi connectivity index (χ0) is 13.7. The van der Waals surface area contributed by atoms with E-state index in [0.717, 1.165) is 24.5 Å². The van der Waals surface area contributed by atoms with Crippen LogP contribution < -0.4 is 16.0 Å². The second-order valence-corrected chi connectivity index (χ2v) is 4.62. The first-order valence-corrected chi connectivity index (χ1v) is 6.71. The van der Waals surface area contributed by atoms with Crippen LogP contribution in [0.25, 0.3) is 0 Å². The van der Waals surface area contributed by atoms with Gasteiger partial charge in [-0.15, -0.1) is 0 Å². The van der Waals surface area contributed by atoms with Gasteiger partial charge in [0.05, 0.1) is 23.5 Å². The Hall–Kier alpha value is -1.75. The van der Waals surface area contributed by atoms with Gasteiger partial charge < -0.3 is 20.7 Å². The van der Waals surface area contributed by atoms with Crippen LogP contribution in [0, 0.1) is 0 Å². The standard InChI is InChI=1S/C14H21N3O2/c1-3-19-9-10(2)17-14(18)11-5-4-6-12-13(11)16-8-7-15-12/h4-6,10,15-16H,3,7-9H2,1-2H3,(H,17,18). The van der Waals surface area contributed by atoms with E-state index in [1.54, 1.807) is 0 Å². The molecule has 1 aliphatic rings. The van der Waals surface area contributed by atoms with Gasteiger partial charge >= 0.3 is 0 Å². The number of hydrogen-bond acceptors (Lipinski definition) is 4. The highest BCUT2D eigenvalue weighted by atomic mass is 16.5. The maximum absolute atomic E-state index is 12.3. The molecule has 0 saturated heterocycles. The van der Waals surface area contributed by atoms with Crippen molar-refractivity contribution in [1.82, 2.24) is 5.32 Å².